The number of hydrogen-bond donors (Lipinski definition) is 6. The lowest BCUT2D eigenvalue weighted by Crippen LogP contribution is -2.63. The van der Waals surface area contributed by atoms with Crippen molar-refractivity contribution in [3.63, 3.8) is 0 Å². The molecule has 0 saturated heterocycles. The van der Waals surface area contributed by atoms with Gasteiger partial charge in [0, 0.05) is 26.1 Å². The van der Waals surface area contributed by atoms with Gasteiger partial charge >= 0.3 is 0 Å². The number of aliphatic hydroxyl groups is 3. The van der Waals surface area contributed by atoms with Gasteiger partial charge in [-0.05, 0) is 24.6 Å². The molecule has 2 atom stereocenters. The number of methoxy groups -OCH3 is 1. The summed E-state index contributed by atoms with van der Waals surface area (Å²) in [6.07, 6.45) is -0.355. The molecule has 2 amide bonds. The van der Waals surface area contributed by atoms with Crippen LogP contribution in [0.1, 0.15) is 19.4 Å². The maximum absolute atomic E-state index is 12.2. The van der Waals surface area contributed by atoms with Crippen LogP contribution in [0.3, 0.4) is 0 Å². The number of ether oxygens (including phenoxy) is 1. The zero-order valence-electron chi connectivity index (χ0n) is 13.7. The van der Waals surface area contributed by atoms with Crippen molar-refractivity contribution in [2.45, 2.75) is 38.0 Å². The molecule has 9 heteroatoms. The molecule has 0 fully saturated rings. The van der Waals surface area contributed by atoms with Crippen molar-refractivity contribution in [1.82, 2.24) is 10.6 Å². The van der Waals surface area contributed by atoms with Crippen molar-refractivity contribution >= 4 is 17.5 Å². The summed E-state index contributed by atoms with van der Waals surface area (Å²) in [7, 11) is 1.14. The van der Waals surface area contributed by atoms with Gasteiger partial charge in [-0.15, -0.1) is 0 Å². The summed E-state index contributed by atoms with van der Waals surface area (Å²) in [6.45, 7) is 2.30. The Morgan fingerprint density at radius 2 is 1.96 bits per heavy atom. The summed E-state index contributed by atoms with van der Waals surface area (Å²) in [5.41, 5.74) is 6.50. The molecule has 1 aromatic rings. The van der Waals surface area contributed by atoms with Gasteiger partial charge in [-0.1, -0.05) is 12.1 Å². The van der Waals surface area contributed by atoms with E-state index < -0.39 is 29.6 Å². The van der Waals surface area contributed by atoms with Gasteiger partial charge in [0.25, 0.3) is 11.8 Å². The van der Waals surface area contributed by atoms with Gasteiger partial charge in [-0.25, -0.2) is 0 Å². The molecule has 24 heavy (non-hydrogen) atoms. The van der Waals surface area contributed by atoms with E-state index >= 15 is 0 Å². The smallest absolute Gasteiger partial charge is 0.252 e. The first-order chi connectivity index (χ1) is 11.0. The number of hydrogen-bond acceptors (Lipinski definition) is 7. The Kier molecular flexibility index (Phi) is 6.27. The number of amides is 2. The number of nitrogens with two attached hydrogens (primary N) is 1. The van der Waals surface area contributed by atoms with Crippen LogP contribution in [0, 0.1) is 0 Å². The highest BCUT2D eigenvalue weighted by Gasteiger charge is 2.41. The Morgan fingerprint density at radius 3 is 2.46 bits per heavy atom. The van der Waals surface area contributed by atoms with Crippen molar-refractivity contribution in [1.29, 1.82) is 0 Å². The van der Waals surface area contributed by atoms with Gasteiger partial charge in [0.15, 0.2) is 11.8 Å². The molecule has 1 rings (SSSR count). The van der Waals surface area contributed by atoms with E-state index in [1.54, 1.807) is 18.2 Å². The summed E-state index contributed by atoms with van der Waals surface area (Å²) in [4.78, 5) is 23.5. The molecule has 0 saturated carbocycles. The Morgan fingerprint density at radius 1 is 1.33 bits per heavy atom. The highest BCUT2D eigenvalue weighted by molar-refractivity contribution is 5.88. The average molecular weight is 341 g/mol. The van der Waals surface area contributed by atoms with Crippen LogP contribution in [0.15, 0.2) is 24.3 Å². The molecule has 0 radical (unpaired) electrons. The first-order valence-electron chi connectivity index (χ1n) is 7.12. The van der Waals surface area contributed by atoms with E-state index in [-0.39, 0.29) is 6.42 Å². The zero-order chi connectivity index (χ0) is 18.5. The summed E-state index contributed by atoms with van der Waals surface area (Å²) in [5, 5.41) is 34.2. The van der Waals surface area contributed by atoms with Crippen molar-refractivity contribution in [3.05, 3.63) is 29.8 Å². The van der Waals surface area contributed by atoms with Crippen LogP contribution in [0.4, 0.5) is 5.69 Å². The molecule has 0 aromatic heterocycles. The normalized spacial score (nSPS) is 15.2. The molecule has 0 aliphatic carbocycles. The molecule has 0 aliphatic rings. The summed E-state index contributed by atoms with van der Waals surface area (Å²) in [6, 6.07) is 4.81. The van der Waals surface area contributed by atoms with Crippen LogP contribution >= 0.6 is 0 Å². The molecule has 7 N–H and O–H groups in total. The molecule has 2 unspecified atom stereocenters. The standard InChI is InChI=1S/C15H23N3O6/c1-9(19)17-12(14(2,21)24-3)13(20)18-15(22,23)8-10-5-4-6-11(16)7-10/h4-7,12,21-23H,8,16H2,1-3H3,(H,17,19)(H,18,20). The first-order valence-corrected chi connectivity index (χ1v) is 7.12. The maximum Gasteiger partial charge on any atom is 0.252 e. The lowest BCUT2D eigenvalue weighted by Gasteiger charge is -2.33. The number of carbonyl (C=O) groups excluding carboxylic acids is 2. The van der Waals surface area contributed by atoms with Gasteiger partial charge in [0.05, 0.1) is 0 Å². The third kappa shape index (κ3) is 5.78. The molecule has 0 heterocycles. The Labute approximate surface area is 139 Å². The third-order valence-electron chi connectivity index (χ3n) is 3.28. The maximum atomic E-state index is 12.2. The van der Waals surface area contributed by atoms with E-state index in [1.807, 2.05) is 5.32 Å². The number of nitrogen functional groups attached to an aromatic ring is 1. The molecular formula is C15H23N3O6. The Bertz CT molecular complexity index is 603. The number of anilines is 1. The van der Waals surface area contributed by atoms with Crippen molar-refractivity contribution < 1.29 is 29.6 Å². The fourth-order valence-corrected chi connectivity index (χ4v) is 2.07. The second-order valence-electron chi connectivity index (χ2n) is 5.62. The first kappa shape index (κ1) is 19.8. The number of benzene rings is 1. The van der Waals surface area contributed by atoms with Gasteiger partial charge in [-0.2, -0.15) is 0 Å². The third-order valence-corrected chi connectivity index (χ3v) is 3.28. The van der Waals surface area contributed by atoms with Crippen molar-refractivity contribution in [3.8, 4) is 0 Å². The zero-order valence-corrected chi connectivity index (χ0v) is 13.7. The van der Waals surface area contributed by atoms with Crippen LogP contribution in [0.2, 0.25) is 0 Å². The topological polar surface area (TPSA) is 154 Å². The van der Waals surface area contributed by atoms with E-state index in [2.05, 4.69) is 5.32 Å². The Hall–Kier alpha value is -2.20. The summed E-state index contributed by atoms with van der Waals surface area (Å²) >= 11 is 0. The monoisotopic (exact) mass is 341 g/mol. The van der Waals surface area contributed by atoms with Gasteiger partial charge < -0.3 is 36.4 Å². The highest BCUT2D eigenvalue weighted by atomic mass is 16.6. The largest absolute Gasteiger partial charge is 0.399 e. The minimum atomic E-state index is -2.62. The Balaban J connectivity index is 2.89. The predicted octanol–water partition coefficient (Wildman–Crippen LogP) is -1.57. The molecule has 0 aliphatic heterocycles. The molecule has 1 aromatic carbocycles. The quantitative estimate of drug-likeness (QED) is 0.258. The second kappa shape index (κ2) is 7.58. The molecule has 134 valence electrons. The van der Waals surface area contributed by atoms with Gasteiger partial charge in [0.1, 0.15) is 0 Å². The lowest BCUT2D eigenvalue weighted by molar-refractivity contribution is -0.210. The number of rotatable bonds is 7. The SMILES string of the molecule is COC(C)(O)C(NC(C)=O)C(=O)NC(O)(O)Cc1cccc(N)c1. The molecule has 0 bridgehead atoms. The van der Waals surface area contributed by atoms with E-state index in [0.29, 0.717) is 11.3 Å². The van der Waals surface area contributed by atoms with E-state index in [4.69, 9.17) is 10.5 Å². The van der Waals surface area contributed by atoms with Crippen LogP contribution in [-0.4, -0.2) is 52.0 Å². The summed E-state index contributed by atoms with van der Waals surface area (Å²) < 4.78 is 4.77. The van der Waals surface area contributed by atoms with Crippen molar-refractivity contribution in [2.75, 3.05) is 12.8 Å². The fourth-order valence-electron chi connectivity index (χ4n) is 2.07. The van der Waals surface area contributed by atoms with Crippen LogP contribution in [-0.2, 0) is 20.7 Å². The van der Waals surface area contributed by atoms with E-state index in [1.165, 1.54) is 6.07 Å². The fraction of sp³-hybridized carbons (Fsp3) is 0.467. The molecule has 0 spiro atoms. The lowest BCUT2D eigenvalue weighted by atomic mass is 10.1. The van der Waals surface area contributed by atoms with Crippen LogP contribution in [0.5, 0.6) is 0 Å². The van der Waals surface area contributed by atoms with Crippen LogP contribution < -0.4 is 16.4 Å². The van der Waals surface area contributed by atoms with Gasteiger partial charge in [0.2, 0.25) is 5.91 Å². The molecule has 9 nitrogen and oxygen atoms in total. The second-order valence-corrected chi connectivity index (χ2v) is 5.62. The summed E-state index contributed by atoms with van der Waals surface area (Å²) in [5.74, 6) is -6.32. The minimum Gasteiger partial charge on any atom is -0.399 e. The molecular weight excluding hydrogens is 318 g/mol. The predicted molar refractivity (Wildman–Crippen MR) is 85.1 cm³/mol. The van der Waals surface area contributed by atoms with Crippen molar-refractivity contribution in [2.24, 2.45) is 0 Å². The van der Waals surface area contributed by atoms with Crippen LogP contribution in [0.25, 0.3) is 0 Å². The highest BCUT2D eigenvalue weighted by Crippen LogP contribution is 2.15. The van der Waals surface area contributed by atoms with Gasteiger partial charge in [-0.3, -0.25) is 9.59 Å². The number of carbonyl (C=O) groups is 2. The van der Waals surface area contributed by atoms with E-state index in [0.717, 1.165) is 21.0 Å². The minimum absolute atomic E-state index is 0.355. The number of nitrogens with one attached hydrogen (secondary N) is 2. The van der Waals surface area contributed by atoms with E-state index in [9.17, 15) is 24.9 Å². The average Bonchev–Trinajstić information content (AvgIpc) is 2.43.